The van der Waals surface area contributed by atoms with Crippen molar-refractivity contribution in [1.82, 2.24) is 20.1 Å². The van der Waals surface area contributed by atoms with Crippen LogP contribution in [-0.4, -0.2) is 60.4 Å². The molecule has 3 atom stereocenters. The van der Waals surface area contributed by atoms with E-state index in [4.69, 9.17) is 0 Å². The third-order valence-corrected chi connectivity index (χ3v) is 5.88. The molecule has 3 heterocycles. The number of aryl methyl sites for hydroxylation is 2. The lowest BCUT2D eigenvalue weighted by Crippen LogP contribution is -2.42. The van der Waals surface area contributed by atoms with Crippen molar-refractivity contribution in [2.24, 2.45) is 5.92 Å². The lowest BCUT2D eigenvalue weighted by Gasteiger charge is -2.20. The minimum Gasteiger partial charge on any atom is -0.371 e. The van der Waals surface area contributed by atoms with Gasteiger partial charge in [-0.15, -0.1) is 0 Å². The number of carbonyl (C=O) groups is 3. The molecule has 0 spiro atoms. The first kappa shape index (κ1) is 22.3. The number of aromatic nitrogens is 1. The van der Waals surface area contributed by atoms with E-state index >= 15 is 0 Å². The van der Waals surface area contributed by atoms with Crippen LogP contribution in [0, 0.1) is 24.2 Å². The molecular weight excluding hydrogens is 400 g/mol. The molecule has 31 heavy (non-hydrogen) atoms. The Morgan fingerprint density at radius 3 is 2.71 bits per heavy atom. The molecule has 10 heteroatoms. The Hall–Kier alpha value is -3.35. The van der Waals surface area contributed by atoms with Gasteiger partial charge in [0.2, 0.25) is 17.7 Å². The first-order valence-electron chi connectivity index (χ1n) is 10.4. The number of hydrogen-bond acceptors (Lipinski definition) is 6. The van der Waals surface area contributed by atoms with Crippen LogP contribution in [0.25, 0.3) is 0 Å². The second kappa shape index (κ2) is 9.20. The summed E-state index contributed by atoms with van der Waals surface area (Å²) in [4.78, 5) is 51.2. The van der Waals surface area contributed by atoms with Crippen molar-refractivity contribution in [3.8, 4) is 6.07 Å². The van der Waals surface area contributed by atoms with Crippen LogP contribution in [0.5, 0.6) is 0 Å². The molecule has 166 valence electrons. The van der Waals surface area contributed by atoms with E-state index in [9.17, 15) is 24.4 Å². The number of fused-ring (bicyclic) bond motifs is 1. The molecule has 2 aliphatic rings. The van der Waals surface area contributed by atoms with Gasteiger partial charge in [-0.25, -0.2) is 0 Å². The topological polar surface area (TPSA) is 136 Å². The zero-order valence-corrected chi connectivity index (χ0v) is 18.0. The van der Waals surface area contributed by atoms with Crippen LogP contribution in [0.2, 0.25) is 0 Å². The Labute approximate surface area is 180 Å². The van der Waals surface area contributed by atoms with Crippen molar-refractivity contribution in [3.05, 3.63) is 27.7 Å². The van der Waals surface area contributed by atoms with Crippen LogP contribution in [0.1, 0.15) is 36.6 Å². The monoisotopic (exact) mass is 428 g/mol. The van der Waals surface area contributed by atoms with Gasteiger partial charge in [-0.05, 0) is 44.2 Å². The van der Waals surface area contributed by atoms with E-state index in [1.54, 1.807) is 21.0 Å². The van der Waals surface area contributed by atoms with Gasteiger partial charge >= 0.3 is 0 Å². The van der Waals surface area contributed by atoms with Crippen LogP contribution in [0.15, 0.2) is 10.9 Å². The van der Waals surface area contributed by atoms with Gasteiger partial charge in [0.25, 0.3) is 5.56 Å². The van der Waals surface area contributed by atoms with E-state index in [1.807, 2.05) is 6.07 Å². The van der Waals surface area contributed by atoms with Crippen LogP contribution in [-0.2, 0) is 20.8 Å². The number of nitriles is 1. The largest absolute Gasteiger partial charge is 0.371 e. The summed E-state index contributed by atoms with van der Waals surface area (Å²) in [7, 11) is 3.27. The lowest BCUT2D eigenvalue weighted by molar-refractivity contribution is -0.127. The Kier molecular flexibility index (Phi) is 6.63. The maximum atomic E-state index is 13.1. The average molecular weight is 428 g/mol. The fraction of sp³-hybridized carbons (Fsp3) is 0.571. The van der Waals surface area contributed by atoms with Crippen molar-refractivity contribution >= 4 is 23.4 Å². The third kappa shape index (κ3) is 4.71. The number of nitrogens with zero attached hydrogens (tertiary/aromatic N) is 3. The first-order chi connectivity index (χ1) is 14.7. The smallest absolute Gasteiger partial charge is 0.275 e. The van der Waals surface area contributed by atoms with Gasteiger partial charge in [0.1, 0.15) is 17.8 Å². The summed E-state index contributed by atoms with van der Waals surface area (Å²) in [6, 6.07) is 2.36. The molecular formula is C21H28N6O4. The minimum absolute atomic E-state index is 0.0285. The number of anilines is 1. The first-order valence-corrected chi connectivity index (χ1v) is 10.4. The number of hydrogen-bond donors (Lipinski definition) is 3. The van der Waals surface area contributed by atoms with Crippen molar-refractivity contribution in [2.75, 3.05) is 32.5 Å². The van der Waals surface area contributed by atoms with E-state index in [-0.39, 0.29) is 41.9 Å². The van der Waals surface area contributed by atoms with Gasteiger partial charge in [0.05, 0.1) is 12.6 Å². The average Bonchev–Trinajstić information content (AvgIpc) is 3.33. The summed E-state index contributed by atoms with van der Waals surface area (Å²) in [5.41, 5.74) is 1.39. The van der Waals surface area contributed by atoms with E-state index in [0.29, 0.717) is 31.4 Å². The number of amides is 3. The van der Waals surface area contributed by atoms with Crippen molar-refractivity contribution in [2.45, 2.75) is 44.7 Å². The lowest BCUT2D eigenvalue weighted by atomic mass is 9.99. The molecule has 2 aliphatic heterocycles. The minimum atomic E-state index is -0.804. The molecule has 1 aromatic rings. The summed E-state index contributed by atoms with van der Waals surface area (Å²) in [5.74, 6) is -0.983. The molecule has 1 fully saturated rings. The van der Waals surface area contributed by atoms with Crippen LogP contribution in [0.4, 0.5) is 5.69 Å². The Morgan fingerprint density at radius 1 is 1.35 bits per heavy atom. The van der Waals surface area contributed by atoms with Gasteiger partial charge in [-0.3, -0.25) is 23.7 Å². The normalized spacial score (nSPS) is 20.4. The van der Waals surface area contributed by atoms with Crippen molar-refractivity contribution in [3.63, 3.8) is 0 Å². The Balaban J connectivity index is 1.76. The second-order valence-corrected chi connectivity index (χ2v) is 8.27. The fourth-order valence-corrected chi connectivity index (χ4v) is 4.11. The highest BCUT2D eigenvalue weighted by Gasteiger charge is 2.33. The highest BCUT2D eigenvalue weighted by Crippen LogP contribution is 2.27. The fourth-order valence-electron chi connectivity index (χ4n) is 4.11. The number of rotatable bonds is 7. The highest BCUT2D eigenvalue weighted by molar-refractivity contribution is 5.83. The summed E-state index contributed by atoms with van der Waals surface area (Å²) in [6.45, 7) is 2.34. The molecule has 1 aromatic heterocycles. The number of carbonyl (C=O) groups excluding carboxylic acids is 3. The van der Waals surface area contributed by atoms with Gasteiger partial charge in [0.15, 0.2) is 0 Å². The molecule has 3 amide bonds. The quantitative estimate of drug-likeness (QED) is 0.544. The molecule has 3 N–H and O–H groups in total. The third-order valence-electron chi connectivity index (χ3n) is 5.88. The summed E-state index contributed by atoms with van der Waals surface area (Å²) in [6.07, 6.45) is 1.89. The van der Waals surface area contributed by atoms with Gasteiger partial charge < -0.3 is 20.9 Å². The summed E-state index contributed by atoms with van der Waals surface area (Å²) < 4.78 is 1.45. The zero-order valence-electron chi connectivity index (χ0n) is 18.0. The van der Waals surface area contributed by atoms with Crippen molar-refractivity contribution < 1.29 is 14.4 Å². The van der Waals surface area contributed by atoms with Crippen molar-refractivity contribution in [1.29, 1.82) is 5.26 Å². The molecule has 10 nitrogen and oxygen atoms in total. The van der Waals surface area contributed by atoms with Gasteiger partial charge in [0, 0.05) is 32.3 Å². The molecule has 0 radical (unpaired) electrons. The van der Waals surface area contributed by atoms with E-state index in [1.165, 1.54) is 9.47 Å². The van der Waals surface area contributed by atoms with Crippen LogP contribution in [0.3, 0.4) is 0 Å². The van der Waals surface area contributed by atoms with E-state index in [0.717, 1.165) is 5.69 Å². The number of pyridine rings is 1. The summed E-state index contributed by atoms with van der Waals surface area (Å²) in [5, 5.41) is 17.8. The van der Waals surface area contributed by atoms with Gasteiger partial charge in [-0.2, -0.15) is 5.26 Å². The maximum absolute atomic E-state index is 13.1. The molecule has 0 saturated carbocycles. The predicted molar refractivity (Wildman–Crippen MR) is 113 cm³/mol. The molecule has 0 aromatic carbocycles. The second-order valence-electron chi connectivity index (χ2n) is 8.27. The molecule has 0 aliphatic carbocycles. The number of likely N-dealkylation sites (N-methyl/N-ethyl adjacent to an activating group) is 1. The standard InChI is InChI=1S/C21H28N6O4/c1-12-8-15-4-5-16(27(15)21(31)18(12)24-11-17(28)26(2)3)20(30)25-14(10-22)9-13-6-7-23-19(13)29/h8,13-14,16,24H,4-7,9,11H2,1-3H3,(H,23,29)(H,25,30). The number of nitrogens with one attached hydrogen (secondary N) is 3. The van der Waals surface area contributed by atoms with Crippen LogP contribution >= 0.6 is 0 Å². The zero-order chi connectivity index (χ0) is 22.7. The van der Waals surface area contributed by atoms with E-state index < -0.39 is 18.0 Å². The predicted octanol–water partition coefficient (Wildman–Crippen LogP) is -0.321. The Bertz CT molecular complexity index is 993. The molecule has 3 unspecified atom stereocenters. The maximum Gasteiger partial charge on any atom is 0.275 e. The van der Waals surface area contributed by atoms with Crippen LogP contribution < -0.4 is 21.5 Å². The summed E-state index contributed by atoms with van der Waals surface area (Å²) >= 11 is 0. The highest BCUT2D eigenvalue weighted by atomic mass is 16.2. The van der Waals surface area contributed by atoms with Gasteiger partial charge in [-0.1, -0.05) is 0 Å². The SMILES string of the molecule is Cc1cc2n(c(=O)c1NCC(=O)N(C)C)C(C(=O)NC(C#N)CC1CCNC1=O)CC2. The Morgan fingerprint density at radius 2 is 2.10 bits per heavy atom. The van der Waals surface area contributed by atoms with E-state index in [2.05, 4.69) is 22.0 Å². The molecule has 1 saturated heterocycles. The molecule has 3 rings (SSSR count). The molecule has 0 bridgehead atoms.